The van der Waals surface area contributed by atoms with E-state index in [9.17, 15) is 9.59 Å². The van der Waals surface area contributed by atoms with Crippen LogP contribution in [0.2, 0.25) is 0 Å². The van der Waals surface area contributed by atoms with Crippen LogP contribution >= 0.6 is 0 Å². The van der Waals surface area contributed by atoms with Crippen molar-refractivity contribution in [2.45, 2.75) is 194 Å². The second-order valence-corrected chi connectivity index (χ2v) is 18.2. The molecule has 0 fully saturated rings. The third kappa shape index (κ3) is 64.6. The van der Waals surface area contributed by atoms with Crippen molar-refractivity contribution < 1.29 is 71.2 Å². The highest BCUT2D eigenvalue weighted by atomic mass is 16.6. The molecule has 0 amide bonds. The van der Waals surface area contributed by atoms with E-state index in [2.05, 4.69) is 13.8 Å². The van der Waals surface area contributed by atoms with Gasteiger partial charge in [0.1, 0.15) is 13.2 Å². The Hall–Kier alpha value is -1.50. The molecule has 71 heavy (non-hydrogen) atoms. The largest absolute Gasteiger partial charge is 0.463 e. The first kappa shape index (κ1) is 69.5. The number of hydrogen-bond acceptors (Lipinski definition) is 15. The van der Waals surface area contributed by atoms with E-state index in [0.717, 1.165) is 25.7 Å². The number of ether oxygens (including phenoxy) is 13. The highest BCUT2D eigenvalue weighted by Gasteiger charge is 2.05. The SMILES string of the molecule is CCCCCCCCCCCCCCCC(=O)OCCOCCOCCOCCOCCOCCOCCOCCOCCOCCOCCOCCOC(=O)CCCCCCCCCCCCCCC. The molecule has 0 aromatic rings. The quantitative estimate of drug-likeness (QED) is 0.0419. The summed E-state index contributed by atoms with van der Waals surface area (Å²) in [5.41, 5.74) is 0. The highest BCUT2D eigenvalue weighted by molar-refractivity contribution is 5.69. The number of hydrogen-bond donors (Lipinski definition) is 0. The lowest BCUT2D eigenvalue weighted by atomic mass is 10.0. The van der Waals surface area contributed by atoms with Crippen LogP contribution in [0.25, 0.3) is 0 Å². The number of unbranched alkanes of at least 4 members (excludes halogenated alkanes) is 24. The van der Waals surface area contributed by atoms with Crippen LogP contribution in [-0.4, -0.2) is 171 Å². The van der Waals surface area contributed by atoms with Gasteiger partial charge in [0.05, 0.1) is 145 Å². The Balaban J connectivity index is 3.15. The van der Waals surface area contributed by atoms with Crippen LogP contribution in [0.5, 0.6) is 0 Å². The molecule has 0 N–H and O–H groups in total. The predicted octanol–water partition coefficient (Wildman–Crippen LogP) is 11.2. The van der Waals surface area contributed by atoms with E-state index in [1.54, 1.807) is 0 Å². The van der Waals surface area contributed by atoms with Crippen LogP contribution in [0.4, 0.5) is 0 Å². The fraction of sp³-hybridized carbons (Fsp3) is 0.964. The molecule has 0 unspecified atom stereocenters. The van der Waals surface area contributed by atoms with E-state index in [4.69, 9.17) is 61.6 Å². The third-order valence-corrected chi connectivity index (χ3v) is 11.7. The molecule has 0 bridgehead atoms. The summed E-state index contributed by atoms with van der Waals surface area (Å²) in [6, 6.07) is 0. The zero-order valence-corrected chi connectivity index (χ0v) is 45.9. The number of esters is 2. The summed E-state index contributed by atoms with van der Waals surface area (Å²) in [5.74, 6) is -0.269. The van der Waals surface area contributed by atoms with Gasteiger partial charge in [-0.1, -0.05) is 168 Å². The van der Waals surface area contributed by atoms with Gasteiger partial charge < -0.3 is 61.6 Å². The Labute approximate surface area is 434 Å². The van der Waals surface area contributed by atoms with Gasteiger partial charge in [0.25, 0.3) is 0 Å². The standard InChI is InChI=1S/C56H110O15/c1-3-5-7-9-11-13-15-17-19-21-23-25-27-29-55(57)70-53-51-68-49-47-66-45-43-64-41-39-62-37-35-60-33-31-59-32-34-61-36-38-63-40-42-65-44-46-67-48-50-69-52-54-71-56(58)30-28-26-24-22-20-18-16-14-12-10-8-6-4-2/h3-54H2,1-2H3. The van der Waals surface area contributed by atoms with Gasteiger partial charge in [-0.15, -0.1) is 0 Å². The first-order chi connectivity index (χ1) is 35.2. The minimum Gasteiger partial charge on any atom is -0.463 e. The van der Waals surface area contributed by atoms with Crippen molar-refractivity contribution in [3.8, 4) is 0 Å². The van der Waals surface area contributed by atoms with Gasteiger partial charge in [-0.25, -0.2) is 0 Å². The van der Waals surface area contributed by atoms with Crippen LogP contribution < -0.4 is 0 Å². The van der Waals surface area contributed by atoms with Gasteiger partial charge in [-0.3, -0.25) is 9.59 Å². The molecule has 0 rings (SSSR count). The second-order valence-electron chi connectivity index (χ2n) is 18.2. The van der Waals surface area contributed by atoms with Crippen LogP contribution in [-0.2, 0) is 71.2 Å². The molecule has 0 aliphatic heterocycles. The van der Waals surface area contributed by atoms with Crippen molar-refractivity contribution in [2.24, 2.45) is 0 Å². The topological polar surface area (TPSA) is 154 Å². The Morgan fingerprint density at radius 2 is 0.338 bits per heavy atom. The number of rotatable bonds is 64. The lowest BCUT2D eigenvalue weighted by Crippen LogP contribution is -2.16. The second kappa shape index (κ2) is 64.6. The van der Waals surface area contributed by atoms with Gasteiger partial charge >= 0.3 is 11.9 Å². The number of carbonyl (C=O) groups is 2. The summed E-state index contributed by atoms with van der Waals surface area (Å²) < 4.78 is 71.2. The summed E-state index contributed by atoms with van der Waals surface area (Å²) in [7, 11) is 0. The fourth-order valence-electron chi connectivity index (χ4n) is 7.45. The van der Waals surface area contributed by atoms with Gasteiger partial charge in [-0.05, 0) is 12.8 Å². The van der Waals surface area contributed by atoms with Crippen molar-refractivity contribution >= 4 is 11.9 Å². The van der Waals surface area contributed by atoms with Crippen molar-refractivity contribution in [1.29, 1.82) is 0 Å². The van der Waals surface area contributed by atoms with E-state index in [1.165, 1.54) is 141 Å². The van der Waals surface area contributed by atoms with Gasteiger partial charge in [0.2, 0.25) is 0 Å². The smallest absolute Gasteiger partial charge is 0.305 e. The van der Waals surface area contributed by atoms with E-state index in [0.29, 0.717) is 158 Å². The lowest BCUT2D eigenvalue weighted by Gasteiger charge is -2.09. The Morgan fingerprint density at radius 3 is 0.507 bits per heavy atom. The summed E-state index contributed by atoms with van der Waals surface area (Å²) >= 11 is 0. The van der Waals surface area contributed by atoms with E-state index < -0.39 is 0 Å². The molecular formula is C56H110O15. The predicted molar refractivity (Wildman–Crippen MR) is 282 cm³/mol. The average molecular weight is 1020 g/mol. The molecule has 0 aliphatic rings. The molecule has 0 saturated carbocycles. The molecule has 15 nitrogen and oxygen atoms in total. The van der Waals surface area contributed by atoms with E-state index >= 15 is 0 Å². The van der Waals surface area contributed by atoms with Crippen LogP contribution in [0.15, 0.2) is 0 Å². The Bertz CT molecular complexity index is 934. The monoisotopic (exact) mass is 1020 g/mol. The normalized spacial score (nSPS) is 11.5. The van der Waals surface area contributed by atoms with Crippen LogP contribution in [0, 0.1) is 0 Å². The summed E-state index contributed by atoms with van der Waals surface area (Å²) in [6.07, 6.45) is 34.6. The number of carbonyl (C=O) groups excluding carboxylic acids is 2. The third-order valence-electron chi connectivity index (χ3n) is 11.7. The van der Waals surface area contributed by atoms with Crippen molar-refractivity contribution in [3.05, 3.63) is 0 Å². The fourth-order valence-corrected chi connectivity index (χ4v) is 7.45. The minimum absolute atomic E-state index is 0.134. The van der Waals surface area contributed by atoms with E-state index in [-0.39, 0.29) is 25.2 Å². The maximum absolute atomic E-state index is 11.9. The molecule has 0 aliphatic carbocycles. The Kier molecular flexibility index (Phi) is 63.2. The zero-order valence-electron chi connectivity index (χ0n) is 45.9. The van der Waals surface area contributed by atoms with Gasteiger partial charge in [0, 0.05) is 12.8 Å². The average Bonchev–Trinajstić information content (AvgIpc) is 3.37. The molecule has 0 atom stereocenters. The summed E-state index contributed by atoms with van der Waals surface area (Å²) in [6.45, 7) is 15.5. The molecule has 0 saturated heterocycles. The zero-order chi connectivity index (χ0) is 51.1. The highest BCUT2D eigenvalue weighted by Crippen LogP contribution is 2.15. The summed E-state index contributed by atoms with van der Waals surface area (Å²) in [4.78, 5) is 23.8. The van der Waals surface area contributed by atoms with Gasteiger partial charge in [-0.2, -0.15) is 0 Å². The molecule has 0 heterocycles. The minimum atomic E-state index is -0.134. The van der Waals surface area contributed by atoms with E-state index in [1.807, 2.05) is 0 Å². The first-order valence-corrected chi connectivity index (χ1v) is 28.9. The lowest BCUT2D eigenvalue weighted by molar-refractivity contribution is -0.146. The van der Waals surface area contributed by atoms with Crippen molar-refractivity contribution in [1.82, 2.24) is 0 Å². The molecule has 424 valence electrons. The molecule has 0 spiro atoms. The molecule has 15 heteroatoms. The summed E-state index contributed by atoms with van der Waals surface area (Å²) in [5, 5.41) is 0. The van der Waals surface area contributed by atoms with Crippen molar-refractivity contribution in [2.75, 3.05) is 159 Å². The maximum Gasteiger partial charge on any atom is 0.305 e. The maximum atomic E-state index is 11.9. The Morgan fingerprint density at radius 1 is 0.197 bits per heavy atom. The van der Waals surface area contributed by atoms with Crippen LogP contribution in [0.1, 0.15) is 194 Å². The van der Waals surface area contributed by atoms with Gasteiger partial charge in [0.15, 0.2) is 0 Å². The molecule has 0 radical (unpaired) electrons. The molecule has 0 aromatic heterocycles. The molecule has 0 aromatic carbocycles. The first-order valence-electron chi connectivity index (χ1n) is 28.9. The van der Waals surface area contributed by atoms with Crippen LogP contribution in [0.3, 0.4) is 0 Å². The molecular weight excluding hydrogens is 913 g/mol. The van der Waals surface area contributed by atoms with Crippen molar-refractivity contribution in [3.63, 3.8) is 0 Å².